The molecule has 2 heterocycles. The van der Waals surface area contributed by atoms with Gasteiger partial charge in [0.15, 0.2) is 0 Å². The van der Waals surface area contributed by atoms with Crippen molar-refractivity contribution in [3.63, 3.8) is 0 Å². The average molecular weight is 223 g/mol. The minimum Gasteiger partial charge on any atom is -0.312 e. The topological polar surface area (TPSA) is 46.0 Å². The molecular weight excluding hydrogens is 202 g/mol. The van der Waals surface area contributed by atoms with Crippen LogP contribution in [0.25, 0.3) is 0 Å². The van der Waals surface area contributed by atoms with E-state index in [9.17, 15) is 0 Å². The molecule has 1 aliphatic rings. The quantitative estimate of drug-likeness (QED) is 0.792. The highest BCUT2D eigenvalue weighted by molar-refractivity contribution is 4.81. The fourth-order valence-corrected chi connectivity index (χ4v) is 2.37. The standard InChI is InChI=1S/C11H21N5/c1-10-9-15(2)6-3-11(10)12-4-7-16-8-5-13-14-16/h5,8,10-12H,3-4,6-7,9H2,1-2H3. The van der Waals surface area contributed by atoms with Gasteiger partial charge in [0, 0.05) is 25.3 Å². The summed E-state index contributed by atoms with van der Waals surface area (Å²) in [6.07, 6.45) is 4.87. The molecule has 5 heteroatoms. The van der Waals surface area contributed by atoms with Crippen LogP contribution >= 0.6 is 0 Å². The molecule has 0 bridgehead atoms. The van der Waals surface area contributed by atoms with Gasteiger partial charge in [-0.05, 0) is 25.9 Å². The van der Waals surface area contributed by atoms with Crippen molar-refractivity contribution in [3.8, 4) is 0 Å². The zero-order chi connectivity index (χ0) is 11.4. The van der Waals surface area contributed by atoms with E-state index in [4.69, 9.17) is 0 Å². The van der Waals surface area contributed by atoms with Crippen LogP contribution in [0.3, 0.4) is 0 Å². The summed E-state index contributed by atoms with van der Waals surface area (Å²) in [6.45, 7) is 6.59. The van der Waals surface area contributed by atoms with Crippen LogP contribution in [-0.2, 0) is 6.54 Å². The predicted molar refractivity (Wildman–Crippen MR) is 63.1 cm³/mol. The molecule has 1 N–H and O–H groups in total. The summed E-state index contributed by atoms with van der Waals surface area (Å²) in [7, 11) is 2.20. The van der Waals surface area contributed by atoms with Gasteiger partial charge in [-0.3, -0.25) is 4.68 Å². The first-order valence-electron chi connectivity index (χ1n) is 6.02. The Labute approximate surface area is 96.8 Å². The van der Waals surface area contributed by atoms with E-state index in [1.54, 1.807) is 6.20 Å². The molecule has 1 aromatic heterocycles. The first-order valence-corrected chi connectivity index (χ1v) is 6.02. The summed E-state index contributed by atoms with van der Waals surface area (Å²) in [5.41, 5.74) is 0. The molecule has 0 spiro atoms. The lowest BCUT2D eigenvalue weighted by molar-refractivity contribution is 0.174. The molecule has 0 aliphatic carbocycles. The summed E-state index contributed by atoms with van der Waals surface area (Å²) in [4.78, 5) is 2.40. The number of aromatic nitrogens is 3. The highest BCUT2D eigenvalue weighted by atomic mass is 15.4. The van der Waals surface area contributed by atoms with Gasteiger partial charge in [-0.1, -0.05) is 12.1 Å². The zero-order valence-corrected chi connectivity index (χ0v) is 10.1. The molecule has 1 aliphatic heterocycles. The lowest BCUT2D eigenvalue weighted by Crippen LogP contribution is -2.47. The van der Waals surface area contributed by atoms with E-state index in [2.05, 4.69) is 34.5 Å². The lowest BCUT2D eigenvalue weighted by atomic mass is 9.94. The predicted octanol–water partition coefficient (Wildman–Crippen LogP) is 0.208. The van der Waals surface area contributed by atoms with Gasteiger partial charge in [0.25, 0.3) is 0 Å². The molecule has 0 saturated carbocycles. The normalized spacial score (nSPS) is 27.1. The van der Waals surface area contributed by atoms with E-state index in [0.717, 1.165) is 19.0 Å². The van der Waals surface area contributed by atoms with Crippen LogP contribution in [0, 0.1) is 5.92 Å². The maximum atomic E-state index is 3.95. The van der Waals surface area contributed by atoms with Crippen molar-refractivity contribution in [2.75, 3.05) is 26.7 Å². The van der Waals surface area contributed by atoms with Crippen molar-refractivity contribution in [1.29, 1.82) is 0 Å². The molecule has 2 rings (SSSR count). The maximum Gasteiger partial charge on any atom is 0.0692 e. The number of piperidine rings is 1. The average Bonchev–Trinajstić information content (AvgIpc) is 2.74. The molecule has 0 aromatic carbocycles. The van der Waals surface area contributed by atoms with Gasteiger partial charge in [-0.15, -0.1) is 5.10 Å². The summed E-state index contributed by atoms with van der Waals surface area (Å²) in [5, 5.41) is 11.4. The van der Waals surface area contributed by atoms with Crippen molar-refractivity contribution < 1.29 is 0 Å². The van der Waals surface area contributed by atoms with Crippen molar-refractivity contribution in [3.05, 3.63) is 12.4 Å². The van der Waals surface area contributed by atoms with Crippen LogP contribution in [0.15, 0.2) is 12.4 Å². The highest BCUT2D eigenvalue weighted by Crippen LogP contribution is 2.14. The van der Waals surface area contributed by atoms with Crippen LogP contribution in [0.5, 0.6) is 0 Å². The van der Waals surface area contributed by atoms with Crippen molar-refractivity contribution in [2.24, 2.45) is 5.92 Å². The van der Waals surface area contributed by atoms with Crippen molar-refractivity contribution >= 4 is 0 Å². The molecule has 0 radical (unpaired) electrons. The maximum absolute atomic E-state index is 3.95. The molecule has 1 fully saturated rings. The summed E-state index contributed by atoms with van der Waals surface area (Å²) in [6, 6.07) is 0.653. The van der Waals surface area contributed by atoms with Gasteiger partial charge >= 0.3 is 0 Å². The summed E-state index contributed by atoms with van der Waals surface area (Å²) >= 11 is 0. The summed E-state index contributed by atoms with van der Waals surface area (Å²) < 4.78 is 1.87. The molecule has 2 unspecified atom stereocenters. The first-order chi connectivity index (χ1) is 7.75. The number of hydrogen-bond acceptors (Lipinski definition) is 4. The molecule has 5 nitrogen and oxygen atoms in total. The third kappa shape index (κ3) is 3.02. The molecular formula is C11H21N5. The lowest BCUT2D eigenvalue weighted by Gasteiger charge is -2.35. The van der Waals surface area contributed by atoms with Gasteiger partial charge in [0.2, 0.25) is 0 Å². The fraction of sp³-hybridized carbons (Fsp3) is 0.818. The fourth-order valence-electron chi connectivity index (χ4n) is 2.37. The van der Waals surface area contributed by atoms with Crippen LogP contribution in [0.1, 0.15) is 13.3 Å². The Bertz CT molecular complexity index is 297. The Morgan fingerprint density at radius 2 is 2.38 bits per heavy atom. The van der Waals surface area contributed by atoms with Gasteiger partial charge in [-0.2, -0.15) is 0 Å². The Morgan fingerprint density at radius 1 is 1.50 bits per heavy atom. The van der Waals surface area contributed by atoms with Gasteiger partial charge in [0.1, 0.15) is 0 Å². The monoisotopic (exact) mass is 223 g/mol. The minimum atomic E-state index is 0.653. The van der Waals surface area contributed by atoms with E-state index >= 15 is 0 Å². The second-order valence-electron chi connectivity index (χ2n) is 4.75. The van der Waals surface area contributed by atoms with Crippen LogP contribution < -0.4 is 5.32 Å². The number of hydrogen-bond donors (Lipinski definition) is 1. The Kier molecular flexibility index (Phi) is 3.90. The van der Waals surface area contributed by atoms with Gasteiger partial charge < -0.3 is 10.2 Å². The van der Waals surface area contributed by atoms with Crippen LogP contribution in [0.2, 0.25) is 0 Å². The third-order valence-corrected chi connectivity index (χ3v) is 3.33. The van der Waals surface area contributed by atoms with Gasteiger partial charge in [-0.25, -0.2) is 0 Å². The Morgan fingerprint density at radius 3 is 3.06 bits per heavy atom. The van der Waals surface area contributed by atoms with Crippen molar-refractivity contribution in [1.82, 2.24) is 25.2 Å². The number of nitrogens with zero attached hydrogens (tertiary/aromatic N) is 4. The Balaban J connectivity index is 1.69. The largest absolute Gasteiger partial charge is 0.312 e. The molecule has 1 saturated heterocycles. The smallest absolute Gasteiger partial charge is 0.0692 e. The zero-order valence-electron chi connectivity index (χ0n) is 10.1. The van der Waals surface area contributed by atoms with Crippen LogP contribution in [-0.4, -0.2) is 52.6 Å². The second kappa shape index (κ2) is 5.41. The van der Waals surface area contributed by atoms with Crippen LogP contribution in [0.4, 0.5) is 0 Å². The number of nitrogens with one attached hydrogen (secondary N) is 1. The molecule has 2 atom stereocenters. The minimum absolute atomic E-state index is 0.653. The second-order valence-corrected chi connectivity index (χ2v) is 4.75. The Hall–Kier alpha value is -0.940. The molecule has 1 aromatic rings. The van der Waals surface area contributed by atoms with E-state index in [0.29, 0.717) is 6.04 Å². The number of rotatable bonds is 4. The van der Waals surface area contributed by atoms with E-state index < -0.39 is 0 Å². The third-order valence-electron chi connectivity index (χ3n) is 3.33. The molecule has 0 amide bonds. The SMILES string of the molecule is CC1CN(C)CCC1NCCn1ccnn1. The van der Waals surface area contributed by atoms with Crippen molar-refractivity contribution in [2.45, 2.75) is 25.9 Å². The van der Waals surface area contributed by atoms with E-state index in [1.165, 1.54) is 19.5 Å². The van der Waals surface area contributed by atoms with E-state index in [1.807, 2.05) is 10.9 Å². The van der Waals surface area contributed by atoms with Gasteiger partial charge in [0.05, 0.1) is 12.7 Å². The first kappa shape index (κ1) is 11.5. The molecule has 16 heavy (non-hydrogen) atoms. The van der Waals surface area contributed by atoms with E-state index in [-0.39, 0.29) is 0 Å². The number of likely N-dealkylation sites (tertiary alicyclic amines) is 1. The highest BCUT2D eigenvalue weighted by Gasteiger charge is 2.23. The summed E-state index contributed by atoms with van der Waals surface area (Å²) in [5.74, 6) is 0.731. The molecule has 90 valence electrons.